The standard InChI is InChI=1S/C28H36N4O7S/c1-27(2,3)39-26(35)31-15-20(25(34)30-36)21(16-31)29-24(33)19-12-10-18(11-13-19)14-32-17-28(4,5)40(37,38)23-9-7-6-8-22(23)32/h6-13,20-21,36H,14-17H2,1-5H3,(H,29,33)(H,30,34)/t20-,21+/m0/s1. The van der Waals surface area contributed by atoms with Crippen LogP contribution in [0.4, 0.5) is 10.5 Å². The Bertz CT molecular complexity index is 1400. The van der Waals surface area contributed by atoms with Gasteiger partial charge in [0.05, 0.1) is 27.3 Å². The van der Waals surface area contributed by atoms with Gasteiger partial charge in [0.1, 0.15) is 5.60 Å². The summed E-state index contributed by atoms with van der Waals surface area (Å²) in [5.74, 6) is -2.01. The molecule has 0 aromatic heterocycles. The molecule has 2 aliphatic heterocycles. The monoisotopic (exact) mass is 572 g/mol. The Hall–Kier alpha value is -3.64. The number of carbonyl (C=O) groups is 3. The number of hydrogen-bond acceptors (Lipinski definition) is 8. The average molecular weight is 573 g/mol. The molecule has 0 spiro atoms. The fourth-order valence-corrected chi connectivity index (χ4v) is 6.67. The van der Waals surface area contributed by atoms with E-state index in [2.05, 4.69) is 5.32 Å². The highest BCUT2D eigenvalue weighted by atomic mass is 32.2. The van der Waals surface area contributed by atoms with Gasteiger partial charge in [0, 0.05) is 31.7 Å². The lowest BCUT2D eigenvalue weighted by Gasteiger charge is -2.40. The highest BCUT2D eigenvalue weighted by Gasteiger charge is 2.44. The second kappa shape index (κ2) is 10.7. The molecule has 40 heavy (non-hydrogen) atoms. The lowest BCUT2D eigenvalue weighted by Crippen LogP contribution is -2.48. The number of carbonyl (C=O) groups excluding carboxylic acids is 3. The molecule has 0 saturated carbocycles. The van der Waals surface area contributed by atoms with Gasteiger partial charge in [-0.25, -0.2) is 18.7 Å². The van der Waals surface area contributed by atoms with E-state index in [0.29, 0.717) is 29.2 Å². The van der Waals surface area contributed by atoms with Crippen LogP contribution >= 0.6 is 0 Å². The number of likely N-dealkylation sites (tertiary alicyclic amines) is 1. The first-order valence-electron chi connectivity index (χ1n) is 13.0. The Morgan fingerprint density at radius 3 is 2.33 bits per heavy atom. The summed E-state index contributed by atoms with van der Waals surface area (Å²) < 4.78 is 30.5. The molecule has 216 valence electrons. The van der Waals surface area contributed by atoms with E-state index in [1.807, 2.05) is 11.0 Å². The second-order valence-electron chi connectivity index (χ2n) is 11.8. The number of sulfone groups is 1. The van der Waals surface area contributed by atoms with Crippen molar-refractivity contribution in [3.05, 3.63) is 59.7 Å². The lowest BCUT2D eigenvalue weighted by molar-refractivity contribution is -0.133. The smallest absolute Gasteiger partial charge is 0.410 e. The number of fused-ring (bicyclic) bond motifs is 1. The van der Waals surface area contributed by atoms with E-state index in [0.717, 1.165) is 5.56 Å². The molecule has 0 radical (unpaired) electrons. The minimum atomic E-state index is -3.48. The zero-order chi connectivity index (χ0) is 29.5. The Morgan fingerprint density at radius 1 is 1.05 bits per heavy atom. The molecule has 2 aromatic rings. The van der Waals surface area contributed by atoms with Gasteiger partial charge in [-0.15, -0.1) is 0 Å². The van der Waals surface area contributed by atoms with Crippen LogP contribution in [0.15, 0.2) is 53.4 Å². The van der Waals surface area contributed by atoms with Crippen LogP contribution in [0.1, 0.15) is 50.5 Å². The lowest BCUT2D eigenvalue weighted by atomic mass is 10.0. The molecule has 12 heteroatoms. The summed E-state index contributed by atoms with van der Waals surface area (Å²) in [4.78, 5) is 41.5. The van der Waals surface area contributed by atoms with Crippen LogP contribution in [0, 0.1) is 5.92 Å². The van der Waals surface area contributed by atoms with Gasteiger partial charge in [-0.3, -0.25) is 14.8 Å². The number of nitrogens with one attached hydrogen (secondary N) is 2. The molecule has 2 heterocycles. The maximum absolute atomic E-state index is 13.1. The number of rotatable bonds is 5. The highest BCUT2D eigenvalue weighted by Crippen LogP contribution is 2.39. The fourth-order valence-electron chi connectivity index (χ4n) is 5.02. The summed E-state index contributed by atoms with van der Waals surface area (Å²) in [6.45, 7) is 9.42. The first-order chi connectivity index (χ1) is 18.6. The SMILES string of the molecule is CC(C)(C)OC(=O)N1C[C@H](C(=O)NO)[C@H](NC(=O)c2ccc(CN3CC(C)(C)S(=O)(=O)c4ccccc43)cc2)C1. The Kier molecular flexibility index (Phi) is 7.88. The number of hydrogen-bond donors (Lipinski definition) is 3. The molecule has 2 aliphatic rings. The summed E-state index contributed by atoms with van der Waals surface area (Å²) in [5.41, 5.74) is 2.77. The van der Waals surface area contributed by atoms with Gasteiger partial charge in [0.2, 0.25) is 5.91 Å². The van der Waals surface area contributed by atoms with Gasteiger partial charge in [-0.2, -0.15) is 0 Å². The molecule has 2 atom stereocenters. The maximum atomic E-state index is 13.1. The van der Waals surface area contributed by atoms with Crippen LogP contribution in [-0.4, -0.2) is 72.5 Å². The third kappa shape index (κ3) is 5.92. The van der Waals surface area contributed by atoms with Gasteiger partial charge in [0.25, 0.3) is 5.91 Å². The van der Waals surface area contributed by atoms with E-state index >= 15 is 0 Å². The third-order valence-electron chi connectivity index (χ3n) is 7.12. The van der Waals surface area contributed by atoms with Crippen LogP contribution < -0.4 is 15.7 Å². The molecule has 4 rings (SSSR count). The van der Waals surface area contributed by atoms with Crippen molar-refractivity contribution in [3.63, 3.8) is 0 Å². The summed E-state index contributed by atoms with van der Waals surface area (Å²) in [7, 11) is -3.48. The van der Waals surface area contributed by atoms with Crippen LogP contribution in [0.25, 0.3) is 0 Å². The van der Waals surface area contributed by atoms with Crippen molar-refractivity contribution in [2.45, 2.75) is 62.4 Å². The maximum Gasteiger partial charge on any atom is 0.410 e. The second-order valence-corrected chi connectivity index (χ2v) is 14.4. The van der Waals surface area contributed by atoms with Crippen LogP contribution in [0.2, 0.25) is 0 Å². The molecule has 0 aliphatic carbocycles. The summed E-state index contributed by atoms with van der Waals surface area (Å²) in [6.07, 6.45) is -0.611. The highest BCUT2D eigenvalue weighted by molar-refractivity contribution is 7.93. The minimum Gasteiger partial charge on any atom is -0.444 e. The van der Waals surface area contributed by atoms with Crippen molar-refractivity contribution < 1.29 is 32.7 Å². The quantitative estimate of drug-likeness (QED) is 0.366. The zero-order valence-electron chi connectivity index (χ0n) is 23.3. The predicted molar refractivity (Wildman–Crippen MR) is 148 cm³/mol. The van der Waals surface area contributed by atoms with Crippen molar-refractivity contribution in [2.75, 3.05) is 24.5 Å². The number of nitrogens with zero attached hydrogens (tertiary/aromatic N) is 2. The number of ether oxygens (including phenoxy) is 1. The van der Waals surface area contributed by atoms with E-state index in [1.54, 1.807) is 82.6 Å². The van der Waals surface area contributed by atoms with Crippen LogP contribution in [0.3, 0.4) is 0 Å². The van der Waals surface area contributed by atoms with Crippen molar-refractivity contribution in [2.24, 2.45) is 5.92 Å². The summed E-state index contributed by atoms with van der Waals surface area (Å²) >= 11 is 0. The Balaban J connectivity index is 1.46. The van der Waals surface area contributed by atoms with Gasteiger partial charge in [0.15, 0.2) is 9.84 Å². The zero-order valence-corrected chi connectivity index (χ0v) is 24.1. The van der Waals surface area contributed by atoms with Gasteiger partial charge in [-0.05, 0) is 64.4 Å². The molecule has 0 bridgehead atoms. The van der Waals surface area contributed by atoms with Gasteiger partial charge in [-0.1, -0.05) is 24.3 Å². The van der Waals surface area contributed by atoms with Gasteiger partial charge >= 0.3 is 6.09 Å². The van der Waals surface area contributed by atoms with E-state index in [1.165, 1.54) is 4.90 Å². The summed E-state index contributed by atoms with van der Waals surface area (Å²) in [5, 5.41) is 12.0. The molecule has 1 saturated heterocycles. The average Bonchev–Trinajstić information content (AvgIpc) is 3.30. The molecule has 3 N–H and O–H groups in total. The van der Waals surface area contributed by atoms with E-state index in [9.17, 15) is 28.0 Å². The van der Waals surface area contributed by atoms with E-state index in [-0.39, 0.29) is 13.1 Å². The topological polar surface area (TPSA) is 145 Å². The van der Waals surface area contributed by atoms with Crippen LogP contribution in [0.5, 0.6) is 0 Å². The molecule has 1 fully saturated rings. The van der Waals surface area contributed by atoms with Crippen LogP contribution in [-0.2, 0) is 25.9 Å². The van der Waals surface area contributed by atoms with E-state index < -0.39 is 50.1 Å². The number of benzene rings is 2. The molecule has 11 nitrogen and oxygen atoms in total. The normalized spacial score (nSPS) is 21.4. The molecule has 2 aromatic carbocycles. The Labute approximate surface area is 234 Å². The van der Waals surface area contributed by atoms with Crippen molar-refractivity contribution in [3.8, 4) is 0 Å². The fraction of sp³-hybridized carbons (Fsp3) is 0.464. The largest absolute Gasteiger partial charge is 0.444 e. The first kappa shape index (κ1) is 29.3. The van der Waals surface area contributed by atoms with Crippen molar-refractivity contribution >= 4 is 33.4 Å². The minimum absolute atomic E-state index is 0.0193. The van der Waals surface area contributed by atoms with Crippen molar-refractivity contribution in [1.29, 1.82) is 0 Å². The number of amides is 3. The predicted octanol–water partition coefficient (Wildman–Crippen LogP) is 2.73. The number of anilines is 1. The van der Waals surface area contributed by atoms with Gasteiger partial charge < -0.3 is 19.9 Å². The molecular weight excluding hydrogens is 536 g/mol. The molecular formula is C28H36N4O7S. The number of para-hydroxylation sites is 1. The molecule has 3 amide bonds. The first-order valence-corrected chi connectivity index (χ1v) is 14.5. The third-order valence-corrected chi connectivity index (χ3v) is 9.63. The van der Waals surface area contributed by atoms with E-state index in [4.69, 9.17) is 4.74 Å². The Morgan fingerprint density at radius 2 is 1.70 bits per heavy atom. The number of hydroxylamine groups is 1. The molecule has 0 unspecified atom stereocenters. The van der Waals surface area contributed by atoms with Crippen molar-refractivity contribution in [1.82, 2.24) is 15.7 Å². The summed E-state index contributed by atoms with van der Waals surface area (Å²) in [6, 6.07) is 13.1.